The average Bonchev–Trinajstić information content (AvgIpc) is 2.14. The van der Waals surface area contributed by atoms with Crippen molar-refractivity contribution in [3.05, 3.63) is 0 Å². The zero-order valence-electron chi connectivity index (χ0n) is 9.37. The lowest BCUT2D eigenvalue weighted by Crippen LogP contribution is -2.41. The second kappa shape index (κ2) is 6.88. The first-order valence-electron chi connectivity index (χ1n) is 4.81. The number of rotatable bonds is 5. The summed E-state index contributed by atoms with van der Waals surface area (Å²) in [6.07, 6.45) is 5.61. The van der Waals surface area contributed by atoms with E-state index in [0.717, 1.165) is 0 Å². The van der Waals surface area contributed by atoms with E-state index in [1.54, 1.807) is 0 Å². The van der Waals surface area contributed by atoms with Crippen molar-refractivity contribution in [3.8, 4) is 12.3 Å². The lowest BCUT2D eigenvalue weighted by molar-refractivity contribution is -0.145. The summed E-state index contributed by atoms with van der Waals surface area (Å²) >= 11 is 0. The van der Waals surface area contributed by atoms with Crippen LogP contribution < -0.4 is 5.32 Å². The Bertz CT molecular complexity index is 265. The maximum atomic E-state index is 11.4. The zero-order chi connectivity index (χ0) is 11.8. The van der Waals surface area contributed by atoms with Gasteiger partial charge in [-0.2, -0.15) is 0 Å². The van der Waals surface area contributed by atoms with Crippen LogP contribution in [0.5, 0.6) is 0 Å². The molecule has 0 aromatic heterocycles. The lowest BCUT2D eigenvalue weighted by Gasteiger charge is -2.14. The molecule has 1 amide bonds. The van der Waals surface area contributed by atoms with Gasteiger partial charge < -0.3 is 10.1 Å². The van der Waals surface area contributed by atoms with Gasteiger partial charge in [0.15, 0.2) is 0 Å². The number of ether oxygens (including phenoxy) is 1. The van der Waals surface area contributed by atoms with Crippen LogP contribution in [0.25, 0.3) is 0 Å². The average molecular weight is 211 g/mol. The van der Waals surface area contributed by atoms with Crippen molar-refractivity contribution in [3.63, 3.8) is 0 Å². The molecular formula is C11H17NO3. The summed E-state index contributed by atoms with van der Waals surface area (Å²) in [5.41, 5.74) is 0. The molecule has 0 aliphatic carbocycles. The third-order valence-corrected chi connectivity index (χ3v) is 1.74. The summed E-state index contributed by atoms with van der Waals surface area (Å²) in [7, 11) is 1.26. The Balaban J connectivity index is 4.23. The summed E-state index contributed by atoms with van der Waals surface area (Å²) in [4.78, 5) is 22.6. The normalized spacial score (nSPS) is 11.7. The van der Waals surface area contributed by atoms with Gasteiger partial charge in [0.05, 0.1) is 7.11 Å². The molecule has 0 unspecified atom stereocenters. The van der Waals surface area contributed by atoms with Crippen LogP contribution in [0.15, 0.2) is 0 Å². The number of carbonyl (C=O) groups excluding carboxylic acids is 2. The first-order valence-corrected chi connectivity index (χ1v) is 4.81. The highest BCUT2D eigenvalue weighted by Crippen LogP contribution is 2.01. The Kier molecular flexibility index (Phi) is 6.19. The fourth-order valence-electron chi connectivity index (χ4n) is 1.08. The number of nitrogens with one attached hydrogen (secondary N) is 1. The van der Waals surface area contributed by atoms with E-state index >= 15 is 0 Å². The Morgan fingerprint density at radius 1 is 1.47 bits per heavy atom. The van der Waals surface area contributed by atoms with Gasteiger partial charge in [-0.3, -0.25) is 4.79 Å². The van der Waals surface area contributed by atoms with Gasteiger partial charge in [0.2, 0.25) is 5.91 Å². The zero-order valence-corrected chi connectivity index (χ0v) is 9.37. The highest BCUT2D eigenvalue weighted by Gasteiger charge is 2.20. The topological polar surface area (TPSA) is 55.4 Å². The van der Waals surface area contributed by atoms with Crippen LogP contribution in [0, 0.1) is 18.3 Å². The molecule has 0 aliphatic rings. The molecule has 15 heavy (non-hydrogen) atoms. The summed E-state index contributed by atoms with van der Waals surface area (Å²) in [5.74, 6) is 1.88. The van der Waals surface area contributed by atoms with E-state index in [1.165, 1.54) is 7.11 Å². The summed E-state index contributed by atoms with van der Waals surface area (Å²) in [5, 5.41) is 2.54. The molecule has 4 heteroatoms. The van der Waals surface area contributed by atoms with Gasteiger partial charge in [0, 0.05) is 12.8 Å². The molecular weight excluding hydrogens is 194 g/mol. The van der Waals surface area contributed by atoms with Crippen molar-refractivity contribution >= 4 is 11.9 Å². The Morgan fingerprint density at radius 2 is 2.07 bits per heavy atom. The van der Waals surface area contributed by atoms with Crippen LogP contribution in [-0.4, -0.2) is 25.0 Å². The molecule has 0 bridgehead atoms. The highest BCUT2D eigenvalue weighted by atomic mass is 16.5. The second-order valence-electron chi connectivity index (χ2n) is 3.65. The number of terminal acetylenes is 1. The van der Waals surface area contributed by atoms with Crippen LogP contribution in [0.4, 0.5) is 0 Å². The van der Waals surface area contributed by atoms with Crippen LogP contribution in [-0.2, 0) is 14.3 Å². The third-order valence-electron chi connectivity index (χ3n) is 1.74. The van der Waals surface area contributed by atoms with Crippen LogP contribution in [0.1, 0.15) is 26.7 Å². The molecule has 0 aromatic rings. The molecule has 0 saturated carbocycles. The lowest BCUT2D eigenvalue weighted by atomic mass is 10.1. The van der Waals surface area contributed by atoms with E-state index in [2.05, 4.69) is 16.0 Å². The quantitative estimate of drug-likeness (QED) is 0.538. The van der Waals surface area contributed by atoms with E-state index in [-0.39, 0.29) is 18.2 Å². The van der Waals surface area contributed by atoms with E-state index in [1.807, 2.05) is 13.8 Å². The molecule has 0 heterocycles. The van der Waals surface area contributed by atoms with Crippen LogP contribution in [0.2, 0.25) is 0 Å². The second-order valence-corrected chi connectivity index (χ2v) is 3.65. The largest absolute Gasteiger partial charge is 0.467 e. The molecule has 0 aromatic carbocycles. The summed E-state index contributed by atoms with van der Waals surface area (Å²) in [6, 6.07) is -0.730. The molecule has 1 atom stereocenters. The summed E-state index contributed by atoms with van der Waals surface area (Å²) < 4.78 is 4.52. The molecule has 0 aliphatic heterocycles. The van der Waals surface area contributed by atoms with Crippen molar-refractivity contribution in [2.45, 2.75) is 32.7 Å². The molecule has 0 saturated heterocycles. The van der Waals surface area contributed by atoms with Crippen LogP contribution in [0.3, 0.4) is 0 Å². The fourth-order valence-corrected chi connectivity index (χ4v) is 1.08. The van der Waals surface area contributed by atoms with Gasteiger partial charge >= 0.3 is 5.97 Å². The number of esters is 1. The molecule has 0 rings (SSSR count). The fraction of sp³-hybridized carbons (Fsp3) is 0.636. The Hall–Kier alpha value is -1.50. The first-order chi connectivity index (χ1) is 7.01. The molecule has 0 spiro atoms. The van der Waals surface area contributed by atoms with E-state index in [9.17, 15) is 9.59 Å². The van der Waals surface area contributed by atoms with Gasteiger partial charge in [0.25, 0.3) is 0 Å². The number of methoxy groups -OCH3 is 1. The smallest absolute Gasteiger partial charge is 0.329 e. The van der Waals surface area contributed by atoms with E-state index in [0.29, 0.717) is 6.42 Å². The predicted octanol–water partition coefficient (Wildman–Crippen LogP) is 0.714. The van der Waals surface area contributed by atoms with Crippen molar-refractivity contribution in [1.82, 2.24) is 5.32 Å². The summed E-state index contributed by atoms with van der Waals surface area (Å²) in [6.45, 7) is 3.85. The number of carbonyl (C=O) groups is 2. The van der Waals surface area contributed by atoms with Gasteiger partial charge in [-0.05, 0) is 5.92 Å². The van der Waals surface area contributed by atoms with Crippen molar-refractivity contribution in [2.75, 3.05) is 7.11 Å². The minimum absolute atomic E-state index is 0.149. The minimum Gasteiger partial charge on any atom is -0.467 e. The maximum Gasteiger partial charge on any atom is 0.329 e. The van der Waals surface area contributed by atoms with Gasteiger partial charge in [-0.1, -0.05) is 13.8 Å². The maximum absolute atomic E-state index is 11.4. The molecule has 0 radical (unpaired) electrons. The minimum atomic E-state index is -0.730. The van der Waals surface area contributed by atoms with Gasteiger partial charge in [0.1, 0.15) is 6.04 Å². The van der Waals surface area contributed by atoms with Crippen molar-refractivity contribution in [1.29, 1.82) is 0 Å². The van der Waals surface area contributed by atoms with E-state index in [4.69, 9.17) is 6.42 Å². The highest BCUT2D eigenvalue weighted by molar-refractivity contribution is 5.84. The Morgan fingerprint density at radius 3 is 2.47 bits per heavy atom. The van der Waals surface area contributed by atoms with Crippen molar-refractivity contribution < 1.29 is 14.3 Å². The number of hydrogen-bond donors (Lipinski definition) is 1. The molecule has 1 N–H and O–H groups in total. The standard InChI is InChI=1S/C11H17NO3/c1-5-6-9(11(14)15-4)12-10(13)7-8(2)3/h1,8-9H,6-7H2,2-4H3,(H,12,13)/t9-/m0/s1. The van der Waals surface area contributed by atoms with Gasteiger partial charge in [-0.15, -0.1) is 12.3 Å². The van der Waals surface area contributed by atoms with Crippen molar-refractivity contribution in [2.24, 2.45) is 5.92 Å². The number of hydrogen-bond acceptors (Lipinski definition) is 3. The monoisotopic (exact) mass is 211 g/mol. The molecule has 84 valence electrons. The number of amides is 1. The van der Waals surface area contributed by atoms with E-state index < -0.39 is 12.0 Å². The first kappa shape index (κ1) is 13.5. The SMILES string of the molecule is C#CC[C@H](NC(=O)CC(C)C)C(=O)OC. The predicted molar refractivity (Wildman–Crippen MR) is 56.9 cm³/mol. The molecule has 0 fully saturated rings. The Labute approximate surface area is 90.4 Å². The van der Waals surface area contributed by atoms with Crippen LogP contribution >= 0.6 is 0 Å². The molecule has 4 nitrogen and oxygen atoms in total. The third kappa shape index (κ3) is 5.74. The van der Waals surface area contributed by atoms with Gasteiger partial charge in [-0.25, -0.2) is 4.79 Å².